The molecule has 0 heterocycles. The minimum Gasteiger partial charge on any atom is -0.382 e. The first-order valence-electron chi connectivity index (χ1n) is 3.74. The van der Waals surface area contributed by atoms with Gasteiger partial charge in [0.05, 0.1) is 5.60 Å². The highest BCUT2D eigenvalue weighted by molar-refractivity contribution is 5.81. The molecule has 0 saturated heterocycles. The molecule has 0 aromatic heterocycles. The lowest BCUT2D eigenvalue weighted by Gasteiger charge is -2.28. The third-order valence-electron chi connectivity index (χ3n) is 1.56. The van der Waals surface area contributed by atoms with Crippen molar-refractivity contribution < 1.29 is 14.6 Å². The second-order valence-corrected chi connectivity index (χ2v) is 3.05. The number of Topliss-reactive ketones (excluding diaryl/α,β-unsaturated/α-hetero) is 1. The summed E-state index contributed by atoms with van der Waals surface area (Å²) in [6.07, 6.45) is -1.03. The number of aliphatic hydroxyl groups excluding tert-OH is 1. The Morgan fingerprint density at radius 3 is 2.36 bits per heavy atom. The van der Waals surface area contributed by atoms with Gasteiger partial charge in [0.2, 0.25) is 0 Å². The Kier molecular flexibility index (Phi) is 3.69. The van der Waals surface area contributed by atoms with Crippen LogP contribution in [-0.2, 0) is 9.53 Å². The number of hydrogen-bond donors (Lipinski definition) is 1. The molecule has 0 aromatic rings. The van der Waals surface area contributed by atoms with Crippen molar-refractivity contribution in [2.24, 2.45) is 0 Å². The summed E-state index contributed by atoms with van der Waals surface area (Å²) in [5.74, 6) is -0.261. The lowest BCUT2D eigenvalue weighted by molar-refractivity contribution is -0.144. The van der Waals surface area contributed by atoms with Gasteiger partial charge in [-0.05, 0) is 27.7 Å². The molecule has 3 heteroatoms. The van der Waals surface area contributed by atoms with Gasteiger partial charge in [-0.3, -0.25) is 4.79 Å². The predicted octanol–water partition coefficient (Wildman–Crippen LogP) is 0.751. The average Bonchev–Trinajstić information content (AvgIpc) is 1.86. The van der Waals surface area contributed by atoms with Crippen molar-refractivity contribution in [1.82, 2.24) is 0 Å². The van der Waals surface area contributed by atoms with Gasteiger partial charge in [-0.15, -0.1) is 0 Å². The van der Waals surface area contributed by atoms with Gasteiger partial charge in [0.1, 0.15) is 6.10 Å². The lowest BCUT2D eigenvalue weighted by atomic mass is 9.99. The van der Waals surface area contributed by atoms with Crippen LogP contribution >= 0.6 is 0 Å². The molecule has 1 unspecified atom stereocenters. The Hall–Kier alpha value is -0.410. The van der Waals surface area contributed by atoms with Gasteiger partial charge in [-0.1, -0.05) is 0 Å². The van der Waals surface area contributed by atoms with E-state index in [2.05, 4.69) is 0 Å². The van der Waals surface area contributed by atoms with E-state index in [0.29, 0.717) is 6.61 Å². The van der Waals surface area contributed by atoms with Gasteiger partial charge in [0.25, 0.3) is 0 Å². The van der Waals surface area contributed by atoms with Crippen molar-refractivity contribution in [3.05, 3.63) is 0 Å². The van der Waals surface area contributed by atoms with E-state index >= 15 is 0 Å². The molecule has 0 bridgehead atoms. The SMILES string of the molecule is CCOC(C)(C)C(O)C(C)=O. The average molecular weight is 160 g/mol. The van der Waals surface area contributed by atoms with E-state index in [-0.39, 0.29) is 5.78 Å². The van der Waals surface area contributed by atoms with Gasteiger partial charge in [-0.25, -0.2) is 0 Å². The summed E-state index contributed by atoms with van der Waals surface area (Å²) >= 11 is 0. The highest BCUT2D eigenvalue weighted by Crippen LogP contribution is 2.15. The topological polar surface area (TPSA) is 46.5 Å². The number of rotatable bonds is 4. The summed E-state index contributed by atoms with van der Waals surface area (Å²) in [5.41, 5.74) is -0.763. The summed E-state index contributed by atoms with van der Waals surface area (Å²) in [7, 11) is 0. The lowest BCUT2D eigenvalue weighted by Crippen LogP contribution is -2.43. The molecular weight excluding hydrogens is 144 g/mol. The molecule has 0 spiro atoms. The van der Waals surface area contributed by atoms with Crippen molar-refractivity contribution in [2.75, 3.05) is 6.61 Å². The van der Waals surface area contributed by atoms with Crippen LogP contribution < -0.4 is 0 Å². The zero-order chi connectivity index (χ0) is 9.07. The first kappa shape index (κ1) is 10.6. The van der Waals surface area contributed by atoms with Crippen LogP contribution in [0.2, 0.25) is 0 Å². The standard InChI is InChI=1S/C8H16O3/c1-5-11-8(3,4)7(10)6(2)9/h7,10H,5H2,1-4H3. The molecule has 0 fully saturated rings. The maximum Gasteiger partial charge on any atom is 0.161 e. The first-order valence-corrected chi connectivity index (χ1v) is 3.74. The quantitative estimate of drug-likeness (QED) is 0.660. The molecule has 0 rings (SSSR count). The van der Waals surface area contributed by atoms with Crippen molar-refractivity contribution >= 4 is 5.78 Å². The molecule has 66 valence electrons. The minimum absolute atomic E-state index is 0.261. The largest absolute Gasteiger partial charge is 0.382 e. The van der Waals surface area contributed by atoms with Gasteiger partial charge in [0.15, 0.2) is 5.78 Å². The molecule has 3 nitrogen and oxygen atoms in total. The van der Waals surface area contributed by atoms with Crippen LogP contribution in [0.15, 0.2) is 0 Å². The molecule has 0 amide bonds. The highest BCUT2D eigenvalue weighted by atomic mass is 16.5. The predicted molar refractivity (Wildman–Crippen MR) is 42.4 cm³/mol. The summed E-state index contributed by atoms with van der Waals surface area (Å²) in [5, 5.41) is 9.31. The number of carbonyl (C=O) groups is 1. The third-order valence-corrected chi connectivity index (χ3v) is 1.56. The molecule has 1 N–H and O–H groups in total. The second-order valence-electron chi connectivity index (χ2n) is 3.05. The molecule has 0 radical (unpaired) electrons. The van der Waals surface area contributed by atoms with Crippen LogP contribution in [0.25, 0.3) is 0 Å². The summed E-state index contributed by atoms with van der Waals surface area (Å²) in [6.45, 7) is 7.07. The smallest absolute Gasteiger partial charge is 0.161 e. The van der Waals surface area contributed by atoms with Crippen molar-refractivity contribution in [2.45, 2.75) is 39.4 Å². The molecule has 0 aromatic carbocycles. The Bertz CT molecular complexity index is 140. The van der Waals surface area contributed by atoms with Gasteiger partial charge >= 0.3 is 0 Å². The van der Waals surface area contributed by atoms with Gasteiger partial charge in [0, 0.05) is 6.61 Å². The molecule has 0 aliphatic heterocycles. The highest BCUT2D eigenvalue weighted by Gasteiger charge is 2.31. The Labute approximate surface area is 67.4 Å². The second kappa shape index (κ2) is 3.83. The fourth-order valence-corrected chi connectivity index (χ4v) is 0.940. The van der Waals surface area contributed by atoms with Crippen molar-refractivity contribution in [3.63, 3.8) is 0 Å². The minimum atomic E-state index is -1.03. The fraction of sp³-hybridized carbons (Fsp3) is 0.875. The number of carbonyl (C=O) groups excluding carboxylic acids is 1. The Morgan fingerprint density at radius 1 is 1.64 bits per heavy atom. The molecular formula is C8H16O3. The first-order chi connectivity index (χ1) is 4.91. The molecule has 0 aliphatic rings. The zero-order valence-electron chi connectivity index (χ0n) is 7.55. The van der Waals surface area contributed by atoms with Gasteiger partial charge in [-0.2, -0.15) is 0 Å². The fourth-order valence-electron chi connectivity index (χ4n) is 0.940. The van der Waals surface area contributed by atoms with Crippen LogP contribution in [0.4, 0.5) is 0 Å². The number of hydrogen-bond acceptors (Lipinski definition) is 3. The monoisotopic (exact) mass is 160 g/mol. The van der Waals surface area contributed by atoms with E-state index in [4.69, 9.17) is 4.74 Å². The number of ether oxygens (including phenoxy) is 1. The normalized spacial score (nSPS) is 14.6. The van der Waals surface area contributed by atoms with Crippen molar-refractivity contribution in [1.29, 1.82) is 0 Å². The summed E-state index contributed by atoms with van der Waals surface area (Å²) in [4.78, 5) is 10.7. The maximum absolute atomic E-state index is 10.7. The Balaban J connectivity index is 4.16. The summed E-state index contributed by atoms with van der Waals surface area (Å²) < 4.78 is 5.18. The third kappa shape index (κ3) is 2.99. The summed E-state index contributed by atoms with van der Waals surface area (Å²) in [6, 6.07) is 0. The molecule has 1 atom stereocenters. The van der Waals surface area contributed by atoms with Crippen LogP contribution in [0.1, 0.15) is 27.7 Å². The zero-order valence-corrected chi connectivity index (χ0v) is 7.55. The van der Waals surface area contributed by atoms with Crippen LogP contribution in [0.3, 0.4) is 0 Å². The molecule has 0 aliphatic carbocycles. The Morgan fingerprint density at radius 2 is 2.09 bits per heavy atom. The van der Waals surface area contributed by atoms with Crippen LogP contribution in [0.5, 0.6) is 0 Å². The number of ketones is 1. The van der Waals surface area contributed by atoms with E-state index in [1.54, 1.807) is 13.8 Å². The van der Waals surface area contributed by atoms with E-state index < -0.39 is 11.7 Å². The van der Waals surface area contributed by atoms with E-state index in [1.807, 2.05) is 6.92 Å². The van der Waals surface area contributed by atoms with E-state index in [9.17, 15) is 9.90 Å². The van der Waals surface area contributed by atoms with Crippen LogP contribution in [0, 0.1) is 0 Å². The molecule has 0 saturated carbocycles. The van der Waals surface area contributed by atoms with Crippen LogP contribution in [-0.4, -0.2) is 29.2 Å². The molecule has 11 heavy (non-hydrogen) atoms. The van der Waals surface area contributed by atoms with E-state index in [1.165, 1.54) is 6.92 Å². The van der Waals surface area contributed by atoms with Crippen molar-refractivity contribution in [3.8, 4) is 0 Å². The van der Waals surface area contributed by atoms with E-state index in [0.717, 1.165) is 0 Å². The maximum atomic E-state index is 10.7. The number of aliphatic hydroxyl groups is 1. The van der Waals surface area contributed by atoms with Gasteiger partial charge < -0.3 is 9.84 Å².